The molecule has 5 nitrogen and oxygen atoms in total. The van der Waals surface area contributed by atoms with Crippen LogP contribution in [0.15, 0.2) is 53.5 Å². The van der Waals surface area contributed by atoms with Gasteiger partial charge in [-0.3, -0.25) is 4.99 Å². The molecule has 0 heterocycles. The average molecular weight is 497 g/mol. The fourth-order valence-electron chi connectivity index (χ4n) is 2.82. The van der Waals surface area contributed by atoms with Gasteiger partial charge in [0.15, 0.2) is 5.96 Å². The van der Waals surface area contributed by atoms with Gasteiger partial charge >= 0.3 is 0 Å². The molecule has 0 aliphatic carbocycles. The normalized spacial score (nSPS) is 10.9. The molecule has 2 rings (SSSR count). The highest BCUT2D eigenvalue weighted by Crippen LogP contribution is 2.17. The summed E-state index contributed by atoms with van der Waals surface area (Å²) >= 11 is 0. The van der Waals surface area contributed by atoms with Crippen LogP contribution in [0.1, 0.15) is 30.0 Å². The maximum atomic E-state index is 5.69. The van der Waals surface area contributed by atoms with Gasteiger partial charge in [0.25, 0.3) is 0 Å². The number of hydrogen-bond donors (Lipinski definition) is 2. The zero-order valence-corrected chi connectivity index (χ0v) is 19.4. The summed E-state index contributed by atoms with van der Waals surface area (Å²) < 4.78 is 11.1. The molecule has 0 aliphatic heterocycles. The van der Waals surface area contributed by atoms with Crippen LogP contribution in [0, 0.1) is 0 Å². The van der Waals surface area contributed by atoms with Crippen molar-refractivity contribution in [1.29, 1.82) is 0 Å². The van der Waals surface area contributed by atoms with E-state index < -0.39 is 0 Å². The largest absolute Gasteiger partial charge is 0.496 e. The molecule has 2 aromatic rings. The van der Waals surface area contributed by atoms with Gasteiger partial charge in [0.05, 0.1) is 13.7 Å². The van der Waals surface area contributed by atoms with E-state index in [1.165, 1.54) is 16.7 Å². The molecule has 0 amide bonds. The van der Waals surface area contributed by atoms with Crippen LogP contribution >= 0.6 is 24.0 Å². The van der Waals surface area contributed by atoms with E-state index in [4.69, 9.17) is 9.47 Å². The van der Waals surface area contributed by atoms with Gasteiger partial charge in [0.1, 0.15) is 5.75 Å². The van der Waals surface area contributed by atoms with Crippen LogP contribution in [0.25, 0.3) is 0 Å². The number of rotatable bonds is 10. The van der Waals surface area contributed by atoms with E-state index in [1.807, 2.05) is 18.2 Å². The lowest BCUT2D eigenvalue weighted by molar-refractivity contribution is 0.121. The number of hydrogen-bond acceptors (Lipinski definition) is 3. The Morgan fingerprint density at radius 1 is 0.964 bits per heavy atom. The number of ether oxygens (including phenoxy) is 2. The molecule has 0 bridgehead atoms. The third kappa shape index (κ3) is 8.06. The number of methoxy groups -OCH3 is 1. The molecule has 0 aliphatic rings. The number of nitrogens with zero attached hydrogens (tertiary/aromatic N) is 1. The average Bonchev–Trinajstić information content (AvgIpc) is 2.72. The minimum Gasteiger partial charge on any atom is -0.496 e. The molecule has 0 fully saturated rings. The van der Waals surface area contributed by atoms with E-state index >= 15 is 0 Å². The summed E-state index contributed by atoms with van der Waals surface area (Å²) in [5.41, 5.74) is 3.62. The molecule has 28 heavy (non-hydrogen) atoms. The van der Waals surface area contributed by atoms with E-state index in [0.717, 1.165) is 37.7 Å². The summed E-state index contributed by atoms with van der Waals surface area (Å²) in [4.78, 5) is 4.31. The first-order valence-electron chi connectivity index (χ1n) is 9.49. The van der Waals surface area contributed by atoms with Crippen molar-refractivity contribution in [3.05, 3.63) is 65.2 Å². The lowest BCUT2D eigenvalue weighted by atomic mass is 10.1. The fourth-order valence-corrected chi connectivity index (χ4v) is 2.82. The van der Waals surface area contributed by atoms with E-state index in [2.05, 4.69) is 52.9 Å². The minimum absolute atomic E-state index is 0. The van der Waals surface area contributed by atoms with Crippen molar-refractivity contribution in [2.24, 2.45) is 4.99 Å². The van der Waals surface area contributed by atoms with Crippen molar-refractivity contribution >= 4 is 29.9 Å². The Bertz CT molecular complexity index is 722. The first-order chi connectivity index (χ1) is 13.3. The Balaban J connectivity index is 0.00000392. The number of aliphatic imine (C=N–C) groups is 1. The van der Waals surface area contributed by atoms with E-state index in [9.17, 15) is 0 Å². The summed E-state index contributed by atoms with van der Waals surface area (Å²) in [5.74, 6) is 1.71. The molecule has 0 aromatic heterocycles. The van der Waals surface area contributed by atoms with Gasteiger partial charge in [-0.25, -0.2) is 0 Å². The minimum atomic E-state index is 0. The van der Waals surface area contributed by atoms with Crippen molar-refractivity contribution < 1.29 is 9.47 Å². The topological polar surface area (TPSA) is 54.9 Å². The lowest BCUT2D eigenvalue weighted by Crippen LogP contribution is -2.38. The SMILES string of the molecule is CCCOCc1ccccc1CNC(=NC)NCCc1ccccc1OC.I. The monoisotopic (exact) mass is 497 g/mol. The molecular formula is C22H32IN3O2. The zero-order chi connectivity index (χ0) is 19.3. The highest BCUT2D eigenvalue weighted by molar-refractivity contribution is 14.0. The van der Waals surface area contributed by atoms with Gasteiger partial charge in [-0.05, 0) is 35.6 Å². The molecule has 0 radical (unpaired) electrons. The quantitative estimate of drug-likeness (QED) is 0.224. The van der Waals surface area contributed by atoms with Crippen LogP contribution < -0.4 is 15.4 Å². The number of para-hydroxylation sites is 1. The van der Waals surface area contributed by atoms with Crippen LogP contribution in [0.2, 0.25) is 0 Å². The van der Waals surface area contributed by atoms with Gasteiger partial charge in [0, 0.05) is 26.7 Å². The highest BCUT2D eigenvalue weighted by Gasteiger charge is 2.05. The van der Waals surface area contributed by atoms with E-state index in [0.29, 0.717) is 13.2 Å². The molecule has 0 saturated heterocycles. The van der Waals surface area contributed by atoms with Gasteiger partial charge < -0.3 is 20.1 Å². The third-order valence-electron chi connectivity index (χ3n) is 4.27. The van der Waals surface area contributed by atoms with Crippen molar-refractivity contribution in [1.82, 2.24) is 10.6 Å². The maximum absolute atomic E-state index is 5.69. The summed E-state index contributed by atoms with van der Waals surface area (Å²) in [7, 11) is 3.49. The first kappa shape index (κ1) is 24.2. The second-order valence-electron chi connectivity index (χ2n) is 6.24. The van der Waals surface area contributed by atoms with Gasteiger partial charge in [0.2, 0.25) is 0 Å². The van der Waals surface area contributed by atoms with Gasteiger partial charge in [-0.1, -0.05) is 49.4 Å². The van der Waals surface area contributed by atoms with Crippen molar-refractivity contribution in [3.8, 4) is 5.75 Å². The lowest BCUT2D eigenvalue weighted by Gasteiger charge is -2.15. The molecule has 0 saturated carbocycles. The van der Waals surface area contributed by atoms with Gasteiger partial charge in [-0.2, -0.15) is 0 Å². The number of halogens is 1. The molecule has 0 unspecified atom stereocenters. The number of guanidine groups is 1. The molecule has 154 valence electrons. The second kappa shape index (κ2) is 14.2. The zero-order valence-electron chi connectivity index (χ0n) is 17.0. The number of benzene rings is 2. The van der Waals surface area contributed by atoms with E-state index in [-0.39, 0.29) is 24.0 Å². The third-order valence-corrected chi connectivity index (χ3v) is 4.27. The molecule has 0 atom stereocenters. The Morgan fingerprint density at radius 3 is 2.32 bits per heavy atom. The van der Waals surface area contributed by atoms with Crippen molar-refractivity contribution in [2.75, 3.05) is 27.3 Å². The Kier molecular flexibility index (Phi) is 12.3. The molecule has 6 heteroatoms. The fraction of sp³-hybridized carbons (Fsp3) is 0.409. The first-order valence-corrected chi connectivity index (χ1v) is 9.49. The predicted molar refractivity (Wildman–Crippen MR) is 127 cm³/mol. The summed E-state index contributed by atoms with van der Waals surface area (Å²) in [6.45, 7) is 5.04. The standard InChI is InChI=1S/C22H31N3O2.HI/c1-4-15-27-17-20-11-6-5-10-19(20)16-25-22(23-2)24-14-13-18-9-7-8-12-21(18)26-3;/h5-12H,4,13-17H2,1-3H3,(H2,23,24,25);1H. The highest BCUT2D eigenvalue weighted by atomic mass is 127. The Morgan fingerprint density at radius 2 is 1.64 bits per heavy atom. The molecule has 2 aromatic carbocycles. The van der Waals surface area contributed by atoms with E-state index in [1.54, 1.807) is 14.2 Å². The summed E-state index contributed by atoms with van der Waals surface area (Å²) in [6.07, 6.45) is 1.90. The maximum Gasteiger partial charge on any atom is 0.191 e. The summed E-state index contributed by atoms with van der Waals surface area (Å²) in [5, 5.41) is 6.75. The Hall–Kier alpha value is -1.80. The number of nitrogens with one attached hydrogen (secondary N) is 2. The Labute approximate surface area is 186 Å². The van der Waals surface area contributed by atoms with Crippen molar-refractivity contribution in [2.45, 2.75) is 32.9 Å². The molecular weight excluding hydrogens is 465 g/mol. The van der Waals surface area contributed by atoms with Crippen LogP contribution in [-0.4, -0.2) is 33.3 Å². The van der Waals surface area contributed by atoms with Crippen LogP contribution in [0.3, 0.4) is 0 Å². The smallest absolute Gasteiger partial charge is 0.191 e. The van der Waals surface area contributed by atoms with Crippen molar-refractivity contribution in [3.63, 3.8) is 0 Å². The van der Waals surface area contributed by atoms with Crippen LogP contribution in [-0.2, 0) is 24.3 Å². The van der Waals surface area contributed by atoms with Crippen LogP contribution in [0.4, 0.5) is 0 Å². The van der Waals surface area contributed by atoms with Gasteiger partial charge in [-0.15, -0.1) is 24.0 Å². The molecule has 0 spiro atoms. The second-order valence-corrected chi connectivity index (χ2v) is 6.24. The summed E-state index contributed by atoms with van der Waals surface area (Å²) in [6, 6.07) is 16.4. The molecule has 2 N–H and O–H groups in total. The predicted octanol–water partition coefficient (Wildman–Crippen LogP) is 4.15. The van der Waals surface area contributed by atoms with Crippen LogP contribution in [0.5, 0.6) is 5.75 Å².